The van der Waals surface area contributed by atoms with Gasteiger partial charge in [-0.1, -0.05) is 24.3 Å². The summed E-state index contributed by atoms with van der Waals surface area (Å²) in [7, 11) is -0.555. The molecule has 12 heteroatoms. The number of ether oxygens (including phenoxy) is 3. The monoisotopic (exact) mass is 572 g/mol. The molecule has 2 aliphatic heterocycles. The van der Waals surface area contributed by atoms with Crippen molar-refractivity contribution in [1.29, 1.82) is 0 Å². The minimum atomic E-state index is -3.61. The molecule has 1 N–H and O–H groups in total. The molecule has 0 bridgehead atoms. The van der Waals surface area contributed by atoms with Gasteiger partial charge in [0.25, 0.3) is 0 Å². The second-order valence-electron chi connectivity index (χ2n) is 9.32. The van der Waals surface area contributed by atoms with Crippen LogP contribution in [0.4, 0.5) is 4.79 Å². The maximum atomic E-state index is 13.4. The van der Waals surface area contributed by atoms with E-state index < -0.39 is 22.0 Å². The number of amides is 2. The molecule has 2 aromatic carbocycles. The van der Waals surface area contributed by atoms with Gasteiger partial charge in [0.1, 0.15) is 0 Å². The van der Waals surface area contributed by atoms with Crippen LogP contribution in [0, 0.1) is 0 Å². The SMILES string of the molecule is CCOC(=O)C1=C(CN2CCN(S(=O)(=O)c3ccccc3)CC2)N(CC)C(=O)NC1c1ccc(OC)c(OC)c1. The highest BCUT2D eigenvalue weighted by molar-refractivity contribution is 7.89. The van der Waals surface area contributed by atoms with Crippen molar-refractivity contribution in [3.63, 3.8) is 0 Å². The van der Waals surface area contributed by atoms with Crippen LogP contribution < -0.4 is 14.8 Å². The molecule has 11 nitrogen and oxygen atoms in total. The van der Waals surface area contributed by atoms with Gasteiger partial charge in [-0.15, -0.1) is 0 Å². The van der Waals surface area contributed by atoms with Gasteiger partial charge in [0, 0.05) is 45.0 Å². The predicted molar refractivity (Wildman–Crippen MR) is 148 cm³/mol. The fraction of sp³-hybridized carbons (Fsp3) is 0.429. The number of benzene rings is 2. The molecule has 4 rings (SSSR count). The van der Waals surface area contributed by atoms with Gasteiger partial charge in [0.2, 0.25) is 10.0 Å². The number of piperazine rings is 1. The lowest BCUT2D eigenvalue weighted by Gasteiger charge is -2.40. The number of methoxy groups -OCH3 is 2. The normalized spacial score (nSPS) is 18.9. The summed E-state index contributed by atoms with van der Waals surface area (Å²) in [5.74, 6) is 0.461. The fourth-order valence-electron chi connectivity index (χ4n) is 5.02. The predicted octanol–water partition coefficient (Wildman–Crippen LogP) is 2.61. The Balaban J connectivity index is 1.66. The molecule has 40 heavy (non-hydrogen) atoms. The summed E-state index contributed by atoms with van der Waals surface area (Å²) in [5, 5.41) is 2.95. The van der Waals surface area contributed by atoms with Gasteiger partial charge in [-0.05, 0) is 43.7 Å². The molecule has 1 unspecified atom stereocenters. The number of hydrogen-bond donors (Lipinski definition) is 1. The number of urea groups is 1. The van der Waals surface area contributed by atoms with Gasteiger partial charge in [-0.2, -0.15) is 4.31 Å². The molecule has 0 aliphatic carbocycles. The number of likely N-dealkylation sites (N-methyl/N-ethyl adjacent to an activating group) is 1. The number of hydrogen-bond acceptors (Lipinski definition) is 8. The van der Waals surface area contributed by atoms with Crippen molar-refractivity contribution in [3.8, 4) is 11.5 Å². The smallest absolute Gasteiger partial charge is 0.338 e. The van der Waals surface area contributed by atoms with E-state index in [1.807, 2.05) is 6.92 Å². The van der Waals surface area contributed by atoms with E-state index in [0.29, 0.717) is 48.0 Å². The maximum absolute atomic E-state index is 13.4. The number of carbonyl (C=O) groups is 2. The van der Waals surface area contributed by atoms with Crippen molar-refractivity contribution in [2.75, 3.05) is 60.1 Å². The molecule has 2 aliphatic rings. The Morgan fingerprint density at radius 2 is 1.65 bits per heavy atom. The Morgan fingerprint density at radius 1 is 0.975 bits per heavy atom. The van der Waals surface area contributed by atoms with E-state index in [9.17, 15) is 18.0 Å². The minimum absolute atomic E-state index is 0.171. The Bertz CT molecular complexity index is 1360. The van der Waals surface area contributed by atoms with Gasteiger partial charge in [0.05, 0.1) is 37.3 Å². The number of sulfonamides is 1. The third-order valence-electron chi connectivity index (χ3n) is 7.08. The van der Waals surface area contributed by atoms with Crippen LogP contribution in [0.25, 0.3) is 0 Å². The number of carbonyl (C=O) groups excluding carboxylic acids is 2. The van der Waals surface area contributed by atoms with Crippen molar-refractivity contribution in [3.05, 3.63) is 65.4 Å². The summed E-state index contributed by atoms with van der Waals surface area (Å²) in [6.45, 7) is 5.80. The van der Waals surface area contributed by atoms with E-state index in [0.717, 1.165) is 0 Å². The first kappa shape index (κ1) is 29.4. The highest BCUT2D eigenvalue weighted by Crippen LogP contribution is 2.36. The van der Waals surface area contributed by atoms with Gasteiger partial charge in [-0.25, -0.2) is 18.0 Å². The minimum Gasteiger partial charge on any atom is -0.493 e. The molecule has 1 atom stereocenters. The van der Waals surface area contributed by atoms with Crippen LogP contribution in [0.3, 0.4) is 0 Å². The van der Waals surface area contributed by atoms with Crippen LogP contribution in [0.15, 0.2) is 64.7 Å². The number of nitrogens with one attached hydrogen (secondary N) is 1. The molecular formula is C28H36N4O7S. The third kappa shape index (κ3) is 5.93. The zero-order valence-electron chi connectivity index (χ0n) is 23.3. The summed E-state index contributed by atoms with van der Waals surface area (Å²) in [5.41, 5.74) is 1.50. The van der Waals surface area contributed by atoms with E-state index in [2.05, 4.69) is 10.2 Å². The Kier molecular flexibility index (Phi) is 9.33. The summed E-state index contributed by atoms with van der Waals surface area (Å²) < 4.78 is 43.9. The lowest BCUT2D eigenvalue weighted by molar-refractivity contribution is -0.139. The average Bonchev–Trinajstić information content (AvgIpc) is 2.97. The lowest BCUT2D eigenvalue weighted by Crippen LogP contribution is -2.53. The van der Waals surface area contributed by atoms with Gasteiger partial charge in [0.15, 0.2) is 11.5 Å². The molecule has 0 aromatic heterocycles. The summed E-state index contributed by atoms with van der Waals surface area (Å²) >= 11 is 0. The summed E-state index contributed by atoms with van der Waals surface area (Å²) in [6, 6.07) is 12.5. The Labute approximate surface area is 235 Å². The first-order valence-corrected chi connectivity index (χ1v) is 14.7. The van der Waals surface area contributed by atoms with Gasteiger partial charge >= 0.3 is 12.0 Å². The van der Waals surface area contributed by atoms with Gasteiger partial charge in [-0.3, -0.25) is 9.80 Å². The molecule has 1 saturated heterocycles. The Morgan fingerprint density at radius 3 is 2.25 bits per heavy atom. The van der Waals surface area contributed by atoms with Crippen LogP contribution in [0.1, 0.15) is 25.5 Å². The van der Waals surface area contributed by atoms with Crippen LogP contribution in [-0.2, 0) is 19.6 Å². The topological polar surface area (TPSA) is 118 Å². The van der Waals surface area contributed by atoms with Gasteiger partial charge < -0.3 is 19.5 Å². The molecule has 0 saturated carbocycles. The first-order chi connectivity index (χ1) is 19.2. The first-order valence-electron chi connectivity index (χ1n) is 13.2. The molecule has 2 amide bonds. The van der Waals surface area contributed by atoms with E-state index >= 15 is 0 Å². The van der Waals surface area contributed by atoms with E-state index in [4.69, 9.17) is 14.2 Å². The lowest BCUT2D eigenvalue weighted by atomic mass is 9.93. The van der Waals surface area contributed by atoms with Crippen molar-refractivity contribution >= 4 is 22.0 Å². The molecule has 0 spiro atoms. The molecule has 216 valence electrons. The molecule has 2 heterocycles. The standard InChI is InChI=1S/C28H36N4O7S/c1-5-32-22(19-30-14-16-31(17-15-30)40(35,36)21-10-8-7-9-11-21)25(27(33)39-6-2)26(29-28(32)34)20-12-13-23(37-3)24(18-20)38-4/h7-13,18,26H,5-6,14-17,19H2,1-4H3,(H,29,34). The molecular weight excluding hydrogens is 536 g/mol. The van der Waals surface area contributed by atoms with Crippen LogP contribution in [0.2, 0.25) is 0 Å². The number of rotatable bonds is 10. The third-order valence-corrected chi connectivity index (χ3v) is 8.99. The van der Waals surface area contributed by atoms with E-state index in [1.54, 1.807) is 55.5 Å². The zero-order chi connectivity index (χ0) is 28.9. The summed E-state index contributed by atoms with van der Waals surface area (Å²) in [4.78, 5) is 30.5. The molecule has 2 aromatic rings. The average molecular weight is 573 g/mol. The highest BCUT2D eigenvalue weighted by Gasteiger charge is 2.39. The van der Waals surface area contributed by atoms with Crippen LogP contribution >= 0.6 is 0 Å². The van der Waals surface area contributed by atoms with E-state index in [-0.39, 0.29) is 37.2 Å². The van der Waals surface area contributed by atoms with Crippen LogP contribution in [-0.4, -0.2) is 94.6 Å². The molecule has 1 fully saturated rings. The highest BCUT2D eigenvalue weighted by atomic mass is 32.2. The fourth-order valence-corrected chi connectivity index (χ4v) is 6.46. The number of esters is 1. The Hall–Kier alpha value is -3.61. The van der Waals surface area contributed by atoms with Crippen molar-refractivity contribution in [1.82, 2.24) is 19.4 Å². The quantitative estimate of drug-likeness (QED) is 0.432. The second-order valence-corrected chi connectivity index (χ2v) is 11.3. The molecule has 0 radical (unpaired) electrons. The second kappa shape index (κ2) is 12.7. The van der Waals surface area contributed by atoms with E-state index in [1.165, 1.54) is 23.4 Å². The summed E-state index contributed by atoms with van der Waals surface area (Å²) in [6.07, 6.45) is 0. The zero-order valence-corrected chi connectivity index (χ0v) is 24.1. The van der Waals surface area contributed by atoms with Crippen molar-refractivity contribution in [2.45, 2.75) is 24.8 Å². The largest absolute Gasteiger partial charge is 0.493 e. The van der Waals surface area contributed by atoms with Crippen molar-refractivity contribution in [2.24, 2.45) is 0 Å². The maximum Gasteiger partial charge on any atom is 0.338 e. The van der Waals surface area contributed by atoms with Crippen molar-refractivity contribution < 1.29 is 32.2 Å². The van der Waals surface area contributed by atoms with Crippen LogP contribution in [0.5, 0.6) is 11.5 Å². The number of nitrogens with zero attached hydrogens (tertiary/aromatic N) is 3.